The molecule has 0 fully saturated rings. The molecule has 0 saturated heterocycles. The predicted octanol–water partition coefficient (Wildman–Crippen LogP) is 0.563. The van der Waals surface area contributed by atoms with E-state index in [4.69, 9.17) is 0 Å². The molecule has 2 nitrogen and oxygen atoms in total. The molecule has 1 atom stereocenters. The van der Waals surface area contributed by atoms with Crippen LogP contribution in [-0.4, -0.2) is 18.8 Å². The lowest BCUT2D eigenvalue weighted by molar-refractivity contribution is 0.644. The van der Waals surface area contributed by atoms with Gasteiger partial charge in [0.05, 0.1) is 5.54 Å². The number of aliphatic imine (C=N–C) groups is 1. The molecule has 0 aromatic carbocycles. The first-order valence-electron chi connectivity index (χ1n) is 2.68. The summed E-state index contributed by atoms with van der Waals surface area (Å²) in [4.78, 5) is 3.94. The van der Waals surface area contributed by atoms with E-state index in [-0.39, 0.29) is 5.54 Å². The lowest BCUT2D eigenvalue weighted by atomic mass is 10.1. The molecule has 0 aromatic heterocycles. The van der Waals surface area contributed by atoms with Crippen molar-refractivity contribution in [3.05, 3.63) is 12.3 Å². The zero-order chi connectivity index (χ0) is 6.04. The fraction of sp³-hybridized carbons (Fsp3) is 0.500. The maximum absolute atomic E-state index is 3.94. The third-order valence-electron chi connectivity index (χ3n) is 1.39. The molecule has 1 N–H and O–H groups in total. The van der Waals surface area contributed by atoms with Gasteiger partial charge in [-0.3, -0.25) is 4.99 Å². The van der Waals surface area contributed by atoms with Crippen molar-refractivity contribution in [2.75, 3.05) is 7.05 Å². The van der Waals surface area contributed by atoms with Gasteiger partial charge >= 0.3 is 0 Å². The van der Waals surface area contributed by atoms with Crippen LogP contribution < -0.4 is 5.32 Å². The van der Waals surface area contributed by atoms with Gasteiger partial charge in [0.15, 0.2) is 0 Å². The summed E-state index contributed by atoms with van der Waals surface area (Å²) in [6.07, 6.45) is 5.70. The van der Waals surface area contributed by atoms with E-state index in [0.29, 0.717) is 0 Å². The maximum atomic E-state index is 3.94. The van der Waals surface area contributed by atoms with Crippen LogP contribution >= 0.6 is 0 Å². The SMILES string of the molecule is CNC1(C)C=CN=C1. The number of nitrogens with zero attached hydrogens (tertiary/aromatic N) is 1. The Morgan fingerprint density at radius 2 is 2.38 bits per heavy atom. The van der Waals surface area contributed by atoms with Gasteiger partial charge in [0, 0.05) is 12.4 Å². The van der Waals surface area contributed by atoms with E-state index < -0.39 is 0 Å². The Hall–Kier alpha value is -0.630. The molecule has 1 rings (SSSR count). The number of hydrogen-bond acceptors (Lipinski definition) is 2. The predicted molar refractivity (Wildman–Crippen MR) is 35.1 cm³/mol. The van der Waals surface area contributed by atoms with Crippen LogP contribution in [-0.2, 0) is 0 Å². The first-order chi connectivity index (χ1) is 3.77. The molecular weight excluding hydrogens is 100 g/mol. The normalized spacial score (nSPS) is 34.2. The molecule has 0 bridgehead atoms. The highest BCUT2D eigenvalue weighted by Gasteiger charge is 2.16. The Kier molecular flexibility index (Phi) is 1.18. The summed E-state index contributed by atoms with van der Waals surface area (Å²) >= 11 is 0. The van der Waals surface area contributed by atoms with Gasteiger partial charge in [-0.25, -0.2) is 0 Å². The Bertz CT molecular complexity index is 123. The van der Waals surface area contributed by atoms with Crippen molar-refractivity contribution >= 4 is 6.21 Å². The molecule has 1 unspecified atom stereocenters. The summed E-state index contributed by atoms with van der Waals surface area (Å²) in [7, 11) is 1.92. The molecule has 0 spiro atoms. The van der Waals surface area contributed by atoms with Gasteiger partial charge in [0.25, 0.3) is 0 Å². The van der Waals surface area contributed by atoms with E-state index in [1.165, 1.54) is 0 Å². The summed E-state index contributed by atoms with van der Waals surface area (Å²) in [5, 5.41) is 3.10. The third-order valence-corrected chi connectivity index (χ3v) is 1.39. The van der Waals surface area contributed by atoms with Gasteiger partial charge in [0.2, 0.25) is 0 Å². The van der Waals surface area contributed by atoms with E-state index in [9.17, 15) is 0 Å². The third kappa shape index (κ3) is 0.793. The largest absolute Gasteiger partial charge is 0.307 e. The summed E-state index contributed by atoms with van der Waals surface area (Å²) in [6.45, 7) is 2.07. The lowest BCUT2D eigenvalue weighted by Crippen LogP contribution is -2.37. The highest BCUT2D eigenvalue weighted by atomic mass is 15.0. The Balaban J connectivity index is 2.69. The van der Waals surface area contributed by atoms with Crippen molar-refractivity contribution < 1.29 is 0 Å². The first-order valence-corrected chi connectivity index (χ1v) is 2.68. The number of hydrogen-bond donors (Lipinski definition) is 1. The second-order valence-electron chi connectivity index (χ2n) is 2.13. The average molecular weight is 110 g/mol. The molecule has 0 radical (unpaired) electrons. The van der Waals surface area contributed by atoms with Gasteiger partial charge in [0.1, 0.15) is 0 Å². The molecule has 1 heterocycles. The number of rotatable bonds is 1. The van der Waals surface area contributed by atoms with Gasteiger partial charge in [-0.15, -0.1) is 0 Å². The zero-order valence-corrected chi connectivity index (χ0v) is 5.18. The summed E-state index contributed by atoms with van der Waals surface area (Å²) in [6, 6.07) is 0. The second-order valence-corrected chi connectivity index (χ2v) is 2.13. The average Bonchev–Trinajstić information content (AvgIpc) is 2.17. The van der Waals surface area contributed by atoms with Crippen LogP contribution in [0.1, 0.15) is 6.92 Å². The van der Waals surface area contributed by atoms with E-state index in [1.807, 2.05) is 19.3 Å². The lowest BCUT2D eigenvalue weighted by Gasteiger charge is -2.15. The van der Waals surface area contributed by atoms with Crippen LogP contribution in [0.5, 0.6) is 0 Å². The fourth-order valence-corrected chi connectivity index (χ4v) is 0.587. The first kappa shape index (κ1) is 5.51. The smallest absolute Gasteiger partial charge is 0.0710 e. The molecule has 1 aliphatic rings. The van der Waals surface area contributed by atoms with Crippen molar-refractivity contribution in [3.8, 4) is 0 Å². The molecule has 0 aliphatic carbocycles. The molecule has 0 aromatic rings. The molecule has 8 heavy (non-hydrogen) atoms. The van der Waals surface area contributed by atoms with Crippen molar-refractivity contribution in [2.24, 2.45) is 4.99 Å². The number of nitrogens with one attached hydrogen (secondary N) is 1. The van der Waals surface area contributed by atoms with Crippen molar-refractivity contribution in [1.82, 2.24) is 5.32 Å². The van der Waals surface area contributed by atoms with Crippen molar-refractivity contribution in [2.45, 2.75) is 12.5 Å². The van der Waals surface area contributed by atoms with Crippen LogP contribution in [0.3, 0.4) is 0 Å². The summed E-state index contributed by atoms with van der Waals surface area (Å²) in [5.41, 5.74) is 0.0139. The van der Waals surface area contributed by atoms with Crippen LogP contribution in [0.2, 0.25) is 0 Å². The highest BCUT2D eigenvalue weighted by Crippen LogP contribution is 2.06. The minimum atomic E-state index is 0.0139. The maximum Gasteiger partial charge on any atom is 0.0710 e. The number of likely N-dealkylation sites (N-methyl/N-ethyl adjacent to an activating group) is 1. The molecule has 0 saturated carbocycles. The molecule has 44 valence electrons. The van der Waals surface area contributed by atoms with Gasteiger partial charge in [-0.05, 0) is 20.0 Å². The van der Waals surface area contributed by atoms with Crippen LogP contribution in [0, 0.1) is 0 Å². The minimum absolute atomic E-state index is 0.0139. The Morgan fingerprint density at radius 1 is 1.62 bits per heavy atom. The molecule has 1 aliphatic heterocycles. The minimum Gasteiger partial charge on any atom is -0.307 e. The summed E-state index contributed by atoms with van der Waals surface area (Å²) in [5.74, 6) is 0. The Labute approximate surface area is 49.3 Å². The van der Waals surface area contributed by atoms with Crippen LogP contribution in [0.15, 0.2) is 17.3 Å². The quantitative estimate of drug-likeness (QED) is 0.524. The van der Waals surface area contributed by atoms with Crippen molar-refractivity contribution in [3.63, 3.8) is 0 Å². The molecule has 0 amide bonds. The second kappa shape index (κ2) is 1.71. The van der Waals surface area contributed by atoms with Crippen LogP contribution in [0.25, 0.3) is 0 Å². The Morgan fingerprint density at radius 3 is 2.62 bits per heavy atom. The topological polar surface area (TPSA) is 24.4 Å². The molecule has 2 heteroatoms. The standard InChI is InChI=1S/C6H10N2/c1-6(7-2)3-4-8-5-6/h3-5,7H,1-2H3. The molecular formula is C6H10N2. The van der Waals surface area contributed by atoms with Gasteiger partial charge in [-0.1, -0.05) is 0 Å². The fourth-order valence-electron chi connectivity index (χ4n) is 0.587. The highest BCUT2D eigenvalue weighted by molar-refractivity contribution is 5.75. The zero-order valence-electron chi connectivity index (χ0n) is 5.18. The monoisotopic (exact) mass is 110 g/mol. The summed E-state index contributed by atoms with van der Waals surface area (Å²) < 4.78 is 0. The van der Waals surface area contributed by atoms with E-state index in [1.54, 1.807) is 6.20 Å². The van der Waals surface area contributed by atoms with Gasteiger partial charge < -0.3 is 5.32 Å². The van der Waals surface area contributed by atoms with Crippen LogP contribution in [0.4, 0.5) is 0 Å². The van der Waals surface area contributed by atoms with E-state index in [2.05, 4.69) is 17.2 Å². The van der Waals surface area contributed by atoms with E-state index in [0.717, 1.165) is 0 Å². The van der Waals surface area contributed by atoms with Crippen molar-refractivity contribution in [1.29, 1.82) is 0 Å². The van der Waals surface area contributed by atoms with E-state index >= 15 is 0 Å². The van der Waals surface area contributed by atoms with Gasteiger partial charge in [-0.2, -0.15) is 0 Å².